The number of nitrogens with one attached hydrogen (secondary N) is 1. The Labute approximate surface area is 194 Å². The minimum absolute atomic E-state index is 0.125. The summed E-state index contributed by atoms with van der Waals surface area (Å²) in [6.45, 7) is 1.49. The molecule has 0 aliphatic carbocycles. The van der Waals surface area contributed by atoms with Gasteiger partial charge in [-0.2, -0.15) is 0 Å². The Bertz CT molecular complexity index is 1640. The van der Waals surface area contributed by atoms with Gasteiger partial charge in [0.25, 0.3) is 5.91 Å². The van der Waals surface area contributed by atoms with E-state index in [9.17, 15) is 14.4 Å². The lowest BCUT2D eigenvalue weighted by Crippen LogP contribution is -2.33. The lowest BCUT2D eigenvalue weighted by atomic mass is 9.84. The quantitative estimate of drug-likeness (QED) is 0.497. The molecule has 0 saturated heterocycles. The fourth-order valence-corrected chi connectivity index (χ4v) is 5.14. The van der Waals surface area contributed by atoms with E-state index in [4.69, 9.17) is 9.15 Å². The number of hydrogen-bond donors (Lipinski definition) is 1. The largest absolute Gasteiger partial charge is 0.497 e. The van der Waals surface area contributed by atoms with Crippen molar-refractivity contribution < 1.29 is 18.7 Å². The van der Waals surface area contributed by atoms with E-state index in [1.54, 1.807) is 18.2 Å². The van der Waals surface area contributed by atoms with Crippen molar-refractivity contribution in [1.82, 2.24) is 9.47 Å². The number of aryl methyl sites for hydroxylation is 1. The number of nitrogens with zero attached hydrogens (tertiary/aromatic N) is 2. The van der Waals surface area contributed by atoms with Gasteiger partial charge in [0.1, 0.15) is 11.3 Å². The first-order chi connectivity index (χ1) is 16.4. The third-order valence-electron chi connectivity index (χ3n) is 6.74. The van der Waals surface area contributed by atoms with Gasteiger partial charge in [-0.3, -0.25) is 19.3 Å². The molecule has 2 aliphatic heterocycles. The second-order valence-electron chi connectivity index (χ2n) is 8.64. The van der Waals surface area contributed by atoms with Gasteiger partial charge in [-0.1, -0.05) is 6.07 Å². The van der Waals surface area contributed by atoms with Crippen molar-refractivity contribution in [2.45, 2.75) is 12.8 Å². The number of ether oxygens (including phenoxy) is 1. The first kappa shape index (κ1) is 20.3. The minimum atomic E-state index is -0.710. The third-order valence-corrected chi connectivity index (χ3v) is 6.74. The van der Waals surface area contributed by atoms with Gasteiger partial charge >= 0.3 is 0 Å². The molecular weight excluding hydrogens is 434 g/mol. The number of rotatable bonds is 2. The summed E-state index contributed by atoms with van der Waals surface area (Å²) in [5.41, 5.74) is 4.11. The first-order valence-corrected chi connectivity index (χ1v) is 10.9. The van der Waals surface area contributed by atoms with E-state index >= 15 is 0 Å². The molecule has 1 atom stereocenters. The van der Waals surface area contributed by atoms with Gasteiger partial charge in [-0.25, -0.2) is 0 Å². The molecule has 2 aromatic carbocycles. The fourth-order valence-electron chi connectivity index (χ4n) is 5.14. The van der Waals surface area contributed by atoms with Gasteiger partial charge in [0, 0.05) is 42.5 Å². The Morgan fingerprint density at radius 1 is 1.18 bits per heavy atom. The number of carbonyl (C=O) groups excluding carboxylic acids is 2. The normalized spacial score (nSPS) is 17.2. The molecule has 170 valence electrons. The van der Waals surface area contributed by atoms with Gasteiger partial charge in [-0.15, -0.1) is 0 Å². The highest BCUT2D eigenvalue weighted by molar-refractivity contribution is 6.11. The molecule has 4 heterocycles. The molecule has 6 rings (SSSR count). The molecule has 34 heavy (non-hydrogen) atoms. The molecule has 2 aliphatic rings. The van der Waals surface area contributed by atoms with Crippen molar-refractivity contribution in [3.05, 3.63) is 81.5 Å². The van der Waals surface area contributed by atoms with Crippen LogP contribution in [0.25, 0.3) is 21.9 Å². The van der Waals surface area contributed by atoms with E-state index in [1.807, 2.05) is 36.0 Å². The predicted octanol–water partition coefficient (Wildman–Crippen LogP) is 3.49. The predicted molar refractivity (Wildman–Crippen MR) is 127 cm³/mol. The molecule has 8 nitrogen and oxygen atoms in total. The molecule has 0 spiro atoms. The molecule has 0 saturated carbocycles. The third kappa shape index (κ3) is 2.68. The van der Waals surface area contributed by atoms with Crippen molar-refractivity contribution in [1.29, 1.82) is 0 Å². The summed E-state index contributed by atoms with van der Waals surface area (Å²) in [7, 11) is 3.46. The number of carbonyl (C=O) groups is 2. The molecule has 1 N–H and O–H groups in total. The fraction of sp³-hybridized carbons (Fsp3) is 0.192. The maximum atomic E-state index is 13.8. The Morgan fingerprint density at radius 3 is 2.76 bits per heavy atom. The highest BCUT2D eigenvalue weighted by atomic mass is 16.5. The Morgan fingerprint density at radius 2 is 2.00 bits per heavy atom. The molecule has 2 aromatic heterocycles. The van der Waals surface area contributed by atoms with Crippen LogP contribution in [0.3, 0.4) is 0 Å². The maximum Gasteiger partial charge on any atom is 0.259 e. The number of fused-ring (bicyclic) bond motifs is 1. The number of hydrogen-bond acceptors (Lipinski definition) is 6. The number of imide groups is 1. The molecule has 4 aromatic rings. The van der Waals surface area contributed by atoms with Gasteiger partial charge in [0.2, 0.25) is 5.91 Å². The van der Waals surface area contributed by atoms with Crippen LogP contribution in [-0.4, -0.2) is 34.9 Å². The van der Waals surface area contributed by atoms with E-state index in [2.05, 4.69) is 5.32 Å². The summed E-state index contributed by atoms with van der Waals surface area (Å²) < 4.78 is 13.1. The number of amides is 2. The Balaban J connectivity index is 1.68. The SMILES string of the molecule is COc1ccc2occ([C@H]3C4=C(CN(C(C)=O)C4=O)Nc4cccc5c4c3cn5C)c(=O)c2c1. The summed E-state index contributed by atoms with van der Waals surface area (Å²) in [6.07, 6.45) is 3.37. The van der Waals surface area contributed by atoms with Crippen molar-refractivity contribution in [2.75, 3.05) is 19.0 Å². The van der Waals surface area contributed by atoms with Gasteiger partial charge < -0.3 is 19.0 Å². The van der Waals surface area contributed by atoms with E-state index in [0.717, 1.165) is 22.2 Å². The average Bonchev–Trinajstić information content (AvgIpc) is 3.29. The molecule has 2 amide bonds. The Hall–Kier alpha value is -4.33. The van der Waals surface area contributed by atoms with Crippen LogP contribution in [0, 0.1) is 0 Å². The summed E-state index contributed by atoms with van der Waals surface area (Å²) in [6, 6.07) is 10.9. The second-order valence-corrected chi connectivity index (χ2v) is 8.64. The Kier molecular flexibility index (Phi) is 4.23. The molecule has 0 fully saturated rings. The molecular formula is C26H21N3O5. The van der Waals surface area contributed by atoms with Crippen molar-refractivity contribution in [3.8, 4) is 5.75 Å². The molecule has 0 radical (unpaired) electrons. The zero-order valence-electron chi connectivity index (χ0n) is 18.8. The zero-order chi connectivity index (χ0) is 23.7. The van der Waals surface area contributed by atoms with Crippen molar-refractivity contribution >= 4 is 39.4 Å². The number of benzene rings is 2. The zero-order valence-corrected chi connectivity index (χ0v) is 18.8. The average molecular weight is 455 g/mol. The molecule has 0 bridgehead atoms. The number of anilines is 1. The van der Waals surface area contributed by atoms with E-state index in [1.165, 1.54) is 25.2 Å². The monoisotopic (exact) mass is 455 g/mol. The van der Waals surface area contributed by atoms with Crippen molar-refractivity contribution in [2.24, 2.45) is 7.05 Å². The first-order valence-electron chi connectivity index (χ1n) is 10.9. The summed E-state index contributed by atoms with van der Waals surface area (Å²) in [5.74, 6) is -0.930. The summed E-state index contributed by atoms with van der Waals surface area (Å²) in [4.78, 5) is 40.8. The number of aromatic nitrogens is 1. The van der Waals surface area contributed by atoms with Gasteiger partial charge in [0.05, 0.1) is 42.3 Å². The highest BCUT2D eigenvalue weighted by Gasteiger charge is 2.42. The lowest BCUT2D eigenvalue weighted by molar-refractivity contribution is -0.139. The van der Waals surface area contributed by atoms with Gasteiger partial charge in [-0.05, 0) is 35.9 Å². The van der Waals surface area contributed by atoms with Crippen molar-refractivity contribution in [3.63, 3.8) is 0 Å². The van der Waals surface area contributed by atoms with Crippen LogP contribution in [0.2, 0.25) is 0 Å². The summed E-state index contributed by atoms with van der Waals surface area (Å²) >= 11 is 0. The van der Waals surface area contributed by atoms with Gasteiger partial charge in [0.15, 0.2) is 5.43 Å². The van der Waals surface area contributed by atoms with Crippen LogP contribution in [-0.2, 0) is 16.6 Å². The van der Waals surface area contributed by atoms with E-state index in [0.29, 0.717) is 33.6 Å². The molecule has 0 unspecified atom stereocenters. The van der Waals surface area contributed by atoms with Crippen LogP contribution in [0.1, 0.15) is 24.0 Å². The van der Waals surface area contributed by atoms with E-state index < -0.39 is 11.8 Å². The van der Waals surface area contributed by atoms with Crippen LogP contribution in [0.15, 0.2) is 69.3 Å². The van der Waals surface area contributed by atoms with E-state index in [-0.39, 0.29) is 17.9 Å². The van der Waals surface area contributed by atoms with Crippen LogP contribution < -0.4 is 15.5 Å². The minimum Gasteiger partial charge on any atom is -0.497 e. The smallest absolute Gasteiger partial charge is 0.259 e. The van der Waals surface area contributed by atoms with Crippen LogP contribution in [0.4, 0.5) is 5.69 Å². The van der Waals surface area contributed by atoms with Crippen LogP contribution in [0.5, 0.6) is 5.75 Å². The molecule has 8 heteroatoms. The summed E-state index contributed by atoms with van der Waals surface area (Å²) in [5, 5.41) is 4.68. The topological polar surface area (TPSA) is 93.8 Å². The second kappa shape index (κ2) is 7.08. The lowest BCUT2D eigenvalue weighted by Gasteiger charge is -2.19. The maximum absolute atomic E-state index is 13.8. The standard InChI is InChI=1S/C26H21N3O5/c1-13(30)29-11-19-24(26(29)32)22(16-10-28(2)20-6-4-5-18(27-19)23(16)20)17-12-34-21-8-7-14(33-3)9-15(21)25(17)31/h4-10,12,22,27H,11H2,1-3H3/t22-/m0/s1. The van der Waals surface area contributed by atoms with Crippen LogP contribution >= 0.6 is 0 Å². The number of methoxy groups -OCH3 is 1. The highest BCUT2D eigenvalue weighted by Crippen LogP contribution is 2.45.